The number of hydrogen-bond acceptors (Lipinski definition) is 5. The van der Waals surface area contributed by atoms with E-state index in [-0.39, 0.29) is 18.9 Å². The third kappa shape index (κ3) is 5.48. The molecule has 186 valence electrons. The van der Waals surface area contributed by atoms with Gasteiger partial charge in [-0.25, -0.2) is 4.79 Å². The predicted molar refractivity (Wildman–Crippen MR) is 130 cm³/mol. The van der Waals surface area contributed by atoms with Crippen molar-refractivity contribution in [2.45, 2.75) is 57.7 Å². The molecule has 1 aliphatic carbocycles. The van der Waals surface area contributed by atoms with Gasteiger partial charge in [0.2, 0.25) is 0 Å². The maximum absolute atomic E-state index is 12.9. The largest absolute Gasteiger partial charge is 0.481 e. The van der Waals surface area contributed by atoms with Crippen molar-refractivity contribution < 1.29 is 29.0 Å². The van der Waals surface area contributed by atoms with E-state index in [1.807, 2.05) is 45.0 Å². The van der Waals surface area contributed by atoms with Gasteiger partial charge in [-0.05, 0) is 34.1 Å². The summed E-state index contributed by atoms with van der Waals surface area (Å²) in [5.41, 5.74) is 4.08. The zero-order valence-electron chi connectivity index (χ0n) is 20.2. The summed E-state index contributed by atoms with van der Waals surface area (Å²) in [5, 5.41) is 14.8. The molecule has 8 nitrogen and oxygen atoms in total. The summed E-state index contributed by atoms with van der Waals surface area (Å²) < 4.78 is 11.2. The number of aliphatic carboxylic acids is 1. The Morgan fingerprint density at radius 1 is 1.06 bits per heavy atom. The quantitative estimate of drug-likeness (QED) is 0.557. The minimum Gasteiger partial charge on any atom is -0.481 e. The van der Waals surface area contributed by atoms with Gasteiger partial charge in [-0.2, -0.15) is 0 Å². The Hall–Kier alpha value is -3.39. The Morgan fingerprint density at radius 2 is 1.66 bits per heavy atom. The van der Waals surface area contributed by atoms with Gasteiger partial charge in [0, 0.05) is 18.6 Å². The Kier molecular flexibility index (Phi) is 7.12. The predicted octanol–water partition coefficient (Wildman–Crippen LogP) is 3.69. The van der Waals surface area contributed by atoms with Crippen molar-refractivity contribution in [3.63, 3.8) is 0 Å². The van der Waals surface area contributed by atoms with E-state index in [9.17, 15) is 19.5 Å². The molecule has 35 heavy (non-hydrogen) atoms. The van der Waals surface area contributed by atoms with E-state index >= 15 is 0 Å². The van der Waals surface area contributed by atoms with E-state index in [2.05, 4.69) is 34.9 Å². The molecule has 0 aromatic heterocycles. The van der Waals surface area contributed by atoms with Crippen LogP contribution in [0, 0.1) is 5.41 Å². The minimum atomic E-state index is -0.995. The van der Waals surface area contributed by atoms with E-state index in [4.69, 9.17) is 9.47 Å². The molecule has 2 amide bonds. The fourth-order valence-electron chi connectivity index (χ4n) is 4.79. The molecule has 1 heterocycles. The van der Waals surface area contributed by atoms with Gasteiger partial charge in [-0.3, -0.25) is 9.59 Å². The first-order valence-corrected chi connectivity index (χ1v) is 11.9. The summed E-state index contributed by atoms with van der Waals surface area (Å²) >= 11 is 0. The molecule has 3 atom stereocenters. The Morgan fingerprint density at radius 3 is 2.23 bits per heavy atom. The molecule has 8 heteroatoms. The lowest BCUT2D eigenvalue weighted by molar-refractivity contribution is -0.139. The molecule has 4 rings (SSSR count). The topological polar surface area (TPSA) is 114 Å². The van der Waals surface area contributed by atoms with Crippen molar-refractivity contribution in [1.29, 1.82) is 0 Å². The normalized spacial score (nSPS) is 20.0. The number of rotatable bonds is 7. The molecule has 1 saturated heterocycles. The number of carbonyl (C=O) groups is 3. The fourth-order valence-corrected chi connectivity index (χ4v) is 4.79. The molecule has 2 aromatic rings. The van der Waals surface area contributed by atoms with Crippen LogP contribution >= 0.6 is 0 Å². The van der Waals surface area contributed by atoms with Gasteiger partial charge in [0.25, 0.3) is 5.91 Å². The van der Waals surface area contributed by atoms with Crippen LogP contribution in [0.4, 0.5) is 4.79 Å². The van der Waals surface area contributed by atoms with Gasteiger partial charge < -0.3 is 25.2 Å². The summed E-state index contributed by atoms with van der Waals surface area (Å²) in [7, 11) is 0. The number of hydrogen-bond donors (Lipinski definition) is 3. The van der Waals surface area contributed by atoms with Crippen LogP contribution in [0.3, 0.4) is 0 Å². The van der Waals surface area contributed by atoms with Crippen molar-refractivity contribution >= 4 is 18.0 Å². The van der Waals surface area contributed by atoms with Crippen LogP contribution in [0.1, 0.15) is 50.7 Å². The van der Waals surface area contributed by atoms with Gasteiger partial charge in [0.05, 0.1) is 12.5 Å². The lowest BCUT2D eigenvalue weighted by Crippen LogP contribution is -2.53. The number of carbonyl (C=O) groups excluding carboxylic acids is 2. The molecule has 2 aliphatic rings. The lowest BCUT2D eigenvalue weighted by atomic mass is 9.84. The standard InChI is InChI=1S/C27H32N2O6/c1-27(2,3)22(14-23(30)31)29-25(32)24-21(12-13-34-24)28-26(33)35-15-20-18-10-6-4-8-16(18)17-9-5-7-11-19(17)20/h4-11,20-22,24H,12-15H2,1-3H3,(H,28,33)(H,29,32)(H,30,31)/t21-,22?,24+/m0/s1. The molecular formula is C27H32N2O6. The van der Waals surface area contributed by atoms with E-state index in [1.165, 1.54) is 0 Å². The maximum Gasteiger partial charge on any atom is 0.407 e. The van der Waals surface area contributed by atoms with Gasteiger partial charge in [0.1, 0.15) is 6.61 Å². The molecule has 0 radical (unpaired) electrons. The number of benzene rings is 2. The number of carboxylic acids is 1. The van der Waals surface area contributed by atoms with Gasteiger partial charge in [-0.15, -0.1) is 0 Å². The first kappa shape index (κ1) is 24.7. The van der Waals surface area contributed by atoms with E-state index < -0.39 is 41.6 Å². The molecular weight excluding hydrogens is 448 g/mol. The highest BCUT2D eigenvalue weighted by atomic mass is 16.6. The first-order valence-electron chi connectivity index (χ1n) is 11.9. The van der Waals surface area contributed by atoms with Crippen LogP contribution in [-0.2, 0) is 19.1 Å². The van der Waals surface area contributed by atoms with Crippen molar-refractivity contribution in [1.82, 2.24) is 10.6 Å². The SMILES string of the molecule is CC(C)(C)C(CC(=O)O)NC(=O)[C@@H]1OCC[C@@H]1NC(=O)OCC1c2ccccc2-c2ccccc21. The number of ether oxygens (including phenoxy) is 2. The summed E-state index contributed by atoms with van der Waals surface area (Å²) in [6.45, 7) is 6.08. The highest BCUT2D eigenvalue weighted by molar-refractivity contribution is 5.84. The van der Waals surface area contributed by atoms with Gasteiger partial charge in [-0.1, -0.05) is 69.3 Å². The summed E-state index contributed by atoms with van der Waals surface area (Å²) in [6.07, 6.45) is -1.26. The van der Waals surface area contributed by atoms with Crippen LogP contribution in [0.5, 0.6) is 0 Å². The minimum absolute atomic E-state index is 0.0596. The molecule has 0 bridgehead atoms. The Bertz CT molecular complexity index is 1060. The van der Waals surface area contributed by atoms with Crippen molar-refractivity contribution in [3.8, 4) is 11.1 Å². The second kappa shape index (κ2) is 10.1. The number of alkyl carbamates (subject to hydrolysis) is 1. The smallest absolute Gasteiger partial charge is 0.407 e. The lowest BCUT2D eigenvalue weighted by Gasteiger charge is -2.32. The molecule has 2 aromatic carbocycles. The van der Waals surface area contributed by atoms with Gasteiger partial charge in [0.15, 0.2) is 6.10 Å². The summed E-state index contributed by atoms with van der Waals surface area (Å²) in [6, 6.07) is 15.1. The second-order valence-electron chi connectivity index (χ2n) is 10.2. The van der Waals surface area contributed by atoms with Crippen molar-refractivity contribution in [2.24, 2.45) is 5.41 Å². The number of amides is 2. The van der Waals surface area contributed by atoms with Crippen LogP contribution in [0.25, 0.3) is 11.1 Å². The molecule has 1 unspecified atom stereocenters. The molecule has 1 fully saturated rings. The third-order valence-corrected chi connectivity index (χ3v) is 6.74. The van der Waals surface area contributed by atoms with E-state index in [0.29, 0.717) is 13.0 Å². The molecule has 1 aliphatic heterocycles. The fraction of sp³-hybridized carbons (Fsp3) is 0.444. The highest BCUT2D eigenvalue weighted by Gasteiger charge is 2.39. The average Bonchev–Trinajstić information content (AvgIpc) is 3.39. The van der Waals surface area contributed by atoms with E-state index in [1.54, 1.807) is 0 Å². The third-order valence-electron chi connectivity index (χ3n) is 6.74. The average molecular weight is 481 g/mol. The second-order valence-corrected chi connectivity index (χ2v) is 10.2. The summed E-state index contributed by atoms with van der Waals surface area (Å²) in [4.78, 5) is 36.8. The Balaban J connectivity index is 1.37. The van der Waals surface area contributed by atoms with Crippen LogP contribution in [0.2, 0.25) is 0 Å². The molecule has 0 spiro atoms. The van der Waals surface area contributed by atoms with Crippen LogP contribution in [0.15, 0.2) is 48.5 Å². The van der Waals surface area contributed by atoms with Gasteiger partial charge >= 0.3 is 12.1 Å². The van der Waals surface area contributed by atoms with Crippen LogP contribution < -0.4 is 10.6 Å². The van der Waals surface area contributed by atoms with Crippen molar-refractivity contribution in [3.05, 3.63) is 59.7 Å². The number of fused-ring (bicyclic) bond motifs is 3. The maximum atomic E-state index is 12.9. The number of carboxylic acid groups (broad SMARTS) is 1. The Labute approximate surface area is 205 Å². The molecule has 0 saturated carbocycles. The zero-order chi connectivity index (χ0) is 25.2. The first-order chi connectivity index (χ1) is 16.6. The number of nitrogens with one attached hydrogen (secondary N) is 2. The molecule has 3 N–H and O–H groups in total. The summed E-state index contributed by atoms with van der Waals surface area (Å²) in [5.74, 6) is -1.49. The van der Waals surface area contributed by atoms with E-state index in [0.717, 1.165) is 22.3 Å². The zero-order valence-corrected chi connectivity index (χ0v) is 20.2. The highest BCUT2D eigenvalue weighted by Crippen LogP contribution is 2.44. The van der Waals surface area contributed by atoms with Crippen molar-refractivity contribution in [2.75, 3.05) is 13.2 Å². The monoisotopic (exact) mass is 480 g/mol. The van der Waals surface area contributed by atoms with Crippen LogP contribution in [-0.4, -0.2) is 54.5 Å².